The van der Waals surface area contributed by atoms with E-state index in [0.29, 0.717) is 11.3 Å². The van der Waals surface area contributed by atoms with Gasteiger partial charge in [0.1, 0.15) is 11.5 Å². The molecule has 0 atom stereocenters. The van der Waals surface area contributed by atoms with E-state index in [1.807, 2.05) is 110 Å². The summed E-state index contributed by atoms with van der Waals surface area (Å²) < 4.78 is 7.04. The van der Waals surface area contributed by atoms with Gasteiger partial charge in [0.05, 0.1) is 5.70 Å². The van der Waals surface area contributed by atoms with Crippen LogP contribution in [-0.4, -0.2) is 5.91 Å². The lowest BCUT2D eigenvalue weighted by atomic mass is 10.1. The first-order valence-electron chi connectivity index (χ1n) is 10.3. The topological polar surface area (TPSA) is 33.5 Å². The monoisotopic (exact) mass is 481 g/mol. The second-order valence-electron chi connectivity index (χ2n) is 7.68. The van der Waals surface area contributed by atoms with Crippen molar-refractivity contribution in [1.29, 1.82) is 0 Å². The number of anilines is 1. The number of hydrogen-bond donors (Lipinski definition) is 0. The molecule has 0 fully saturated rings. The fraction of sp³-hybridized carbons (Fsp3) is 0.0357. The van der Waals surface area contributed by atoms with Crippen LogP contribution in [0.1, 0.15) is 16.9 Å². The summed E-state index contributed by atoms with van der Waals surface area (Å²) in [6.07, 6.45) is 3.74. The fourth-order valence-electron chi connectivity index (χ4n) is 3.81. The van der Waals surface area contributed by atoms with Gasteiger partial charge in [-0.15, -0.1) is 0 Å². The smallest absolute Gasteiger partial charge is 0.263 e. The molecule has 4 heteroatoms. The van der Waals surface area contributed by atoms with Gasteiger partial charge in [-0.2, -0.15) is 0 Å². The van der Waals surface area contributed by atoms with Crippen molar-refractivity contribution >= 4 is 39.3 Å². The lowest BCUT2D eigenvalue weighted by molar-refractivity contribution is -0.113. The predicted molar refractivity (Wildman–Crippen MR) is 133 cm³/mol. The van der Waals surface area contributed by atoms with Gasteiger partial charge in [0.15, 0.2) is 0 Å². The number of amides is 1. The molecular weight excluding hydrogens is 462 g/mol. The van der Waals surface area contributed by atoms with E-state index in [9.17, 15) is 4.79 Å². The minimum Gasteiger partial charge on any atom is -0.457 e. The van der Waals surface area contributed by atoms with Crippen LogP contribution in [0.5, 0.6) is 0 Å². The van der Waals surface area contributed by atoms with E-state index in [1.165, 1.54) is 0 Å². The first-order chi connectivity index (χ1) is 15.6. The molecule has 4 aromatic rings. The minimum atomic E-state index is -0.0731. The van der Waals surface area contributed by atoms with Gasteiger partial charge in [-0.25, -0.2) is 0 Å². The van der Waals surface area contributed by atoms with Crippen LogP contribution >= 0.6 is 15.9 Å². The second kappa shape index (κ2) is 8.48. The number of benzene rings is 3. The molecular formula is C28H20BrNO2. The Bertz CT molecular complexity index is 1350. The third-order valence-corrected chi connectivity index (χ3v) is 5.89. The van der Waals surface area contributed by atoms with E-state index in [2.05, 4.69) is 15.9 Å². The Labute approximate surface area is 195 Å². The Morgan fingerprint density at radius 3 is 2.38 bits per heavy atom. The summed E-state index contributed by atoms with van der Waals surface area (Å²) in [4.78, 5) is 15.2. The SMILES string of the molecule is Cc1cccc(N2C(=O)/C(=C/c3ccc(-c4ccc(Br)cc4)o3)C=C2c2ccccc2)c1. The molecule has 0 unspecified atom stereocenters. The summed E-state index contributed by atoms with van der Waals surface area (Å²) in [5.41, 5.74) is 5.36. The number of aryl methyl sites for hydroxylation is 1. The summed E-state index contributed by atoms with van der Waals surface area (Å²) >= 11 is 3.45. The van der Waals surface area contributed by atoms with E-state index in [0.717, 1.165) is 38.3 Å². The molecule has 1 amide bonds. The largest absolute Gasteiger partial charge is 0.457 e. The van der Waals surface area contributed by atoms with Gasteiger partial charge in [0.2, 0.25) is 0 Å². The van der Waals surface area contributed by atoms with Crippen LogP contribution in [0.4, 0.5) is 5.69 Å². The van der Waals surface area contributed by atoms with Crippen molar-refractivity contribution in [3.63, 3.8) is 0 Å². The van der Waals surface area contributed by atoms with Gasteiger partial charge in [0.25, 0.3) is 5.91 Å². The van der Waals surface area contributed by atoms with Gasteiger partial charge in [-0.1, -0.05) is 70.5 Å². The number of hydrogen-bond acceptors (Lipinski definition) is 2. The number of furan rings is 1. The lowest BCUT2D eigenvalue weighted by Crippen LogP contribution is -2.24. The number of halogens is 1. The zero-order chi connectivity index (χ0) is 22.1. The number of rotatable bonds is 4. The Kier molecular flexibility index (Phi) is 5.38. The summed E-state index contributed by atoms with van der Waals surface area (Å²) in [6, 6.07) is 29.7. The van der Waals surface area contributed by atoms with E-state index >= 15 is 0 Å². The molecule has 1 aliphatic rings. The molecule has 156 valence electrons. The minimum absolute atomic E-state index is 0.0731. The number of nitrogens with zero attached hydrogens (tertiary/aromatic N) is 1. The van der Waals surface area contributed by atoms with Gasteiger partial charge in [-0.3, -0.25) is 9.69 Å². The molecule has 0 spiro atoms. The number of carbonyl (C=O) groups is 1. The molecule has 0 aliphatic carbocycles. The molecule has 1 aliphatic heterocycles. The first-order valence-corrected chi connectivity index (χ1v) is 11.1. The van der Waals surface area contributed by atoms with E-state index in [4.69, 9.17) is 4.42 Å². The quantitative estimate of drug-likeness (QED) is 0.283. The molecule has 1 aromatic heterocycles. The van der Waals surface area contributed by atoms with Gasteiger partial charge in [-0.05, 0) is 66.6 Å². The highest BCUT2D eigenvalue weighted by Gasteiger charge is 2.30. The molecule has 5 rings (SSSR count). The highest BCUT2D eigenvalue weighted by molar-refractivity contribution is 9.10. The predicted octanol–water partition coefficient (Wildman–Crippen LogP) is 7.49. The van der Waals surface area contributed by atoms with Crippen LogP contribution in [0, 0.1) is 6.92 Å². The Balaban J connectivity index is 1.54. The van der Waals surface area contributed by atoms with Crippen molar-refractivity contribution in [3.05, 3.63) is 124 Å². The normalized spacial score (nSPS) is 14.8. The first kappa shape index (κ1) is 20.3. The maximum atomic E-state index is 13.5. The summed E-state index contributed by atoms with van der Waals surface area (Å²) in [5, 5.41) is 0. The van der Waals surface area contributed by atoms with Crippen molar-refractivity contribution in [1.82, 2.24) is 0 Å². The van der Waals surface area contributed by atoms with Crippen molar-refractivity contribution in [2.75, 3.05) is 4.90 Å². The molecule has 0 saturated carbocycles. The molecule has 0 bridgehead atoms. The third kappa shape index (κ3) is 3.97. The zero-order valence-electron chi connectivity index (χ0n) is 17.5. The molecule has 32 heavy (non-hydrogen) atoms. The molecule has 2 heterocycles. The molecule has 0 N–H and O–H groups in total. The van der Waals surface area contributed by atoms with Crippen molar-refractivity contribution in [2.45, 2.75) is 6.92 Å². The zero-order valence-corrected chi connectivity index (χ0v) is 19.0. The van der Waals surface area contributed by atoms with Crippen molar-refractivity contribution in [2.24, 2.45) is 0 Å². The average Bonchev–Trinajstić information content (AvgIpc) is 3.40. The van der Waals surface area contributed by atoms with E-state index in [1.54, 1.807) is 4.90 Å². The van der Waals surface area contributed by atoms with Crippen LogP contribution in [-0.2, 0) is 4.79 Å². The highest BCUT2D eigenvalue weighted by Crippen LogP contribution is 2.36. The van der Waals surface area contributed by atoms with E-state index in [-0.39, 0.29) is 5.91 Å². The van der Waals surface area contributed by atoms with Crippen molar-refractivity contribution in [3.8, 4) is 11.3 Å². The maximum absolute atomic E-state index is 13.5. The van der Waals surface area contributed by atoms with Crippen LogP contribution in [0.25, 0.3) is 23.1 Å². The van der Waals surface area contributed by atoms with Crippen LogP contribution < -0.4 is 4.90 Å². The molecule has 0 radical (unpaired) electrons. The maximum Gasteiger partial charge on any atom is 0.263 e. The summed E-state index contributed by atoms with van der Waals surface area (Å²) in [6.45, 7) is 2.03. The third-order valence-electron chi connectivity index (χ3n) is 5.37. The summed E-state index contributed by atoms with van der Waals surface area (Å²) in [5.74, 6) is 1.33. The summed E-state index contributed by atoms with van der Waals surface area (Å²) in [7, 11) is 0. The van der Waals surface area contributed by atoms with Gasteiger partial charge >= 0.3 is 0 Å². The lowest BCUT2D eigenvalue weighted by Gasteiger charge is -2.21. The van der Waals surface area contributed by atoms with Crippen LogP contribution in [0.2, 0.25) is 0 Å². The van der Waals surface area contributed by atoms with Gasteiger partial charge < -0.3 is 4.42 Å². The molecule has 0 saturated heterocycles. The van der Waals surface area contributed by atoms with Gasteiger partial charge in [0, 0.05) is 21.3 Å². The number of carbonyl (C=O) groups excluding carboxylic acids is 1. The average molecular weight is 482 g/mol. The molecule has 3 aromatic carbocycles. The Morgan fingerprint density at radius 1 is 0.844 bits per heavy atom. The van der Waals surface area contributed by atoms with Crippen LogP contribution in [0.15, 0.2) is 112 Å². The van der Waals surface area contributed by atoms with E-state index < -0.39 is 0 Å². The molecule has 3 nitrogen and oxygen atoms in total. The Morgan fingerprint density at radius 2 is 1.62 bits per heavy atom. The highest BCUT2D eigenvalue weighted by atomic mass is 79.9. The Hall–Kier alpha value is -3.63. The van der Waals surface area contributed by atoms with Crippen molar-refractivity contribution < 1.29 is 9.21 Å². The fourth-order valence-corrected chi connectivity index (χ4v) is 4.08. The second-order valence-corrected chi connectivity index (χ2v) is 8.60. The van der Waals surface area contributed by atoms with Crippen LogP contribution in [0.3, 0.4) is 0 Å². The standard InChI is InChI=1S/C28H20BrNO2/c1-19-6-5-9-24(16-19)30-26(20-7-3-2-4-8-20)18-22(28(30)31)17-25-14-15-27(32-25)21-10-12-23(29)13-11-21/h2-18H,1H3/b22-17+.